The molecule has 0 unspecified atom stereocenters. The Morgan fingerprint density at radius 1 is 1.31 bits per heavy atom. The summed E-state index contributed by atoms with van der Waals surface area (Å²) in [4.78, 5) is 15.3. The number of aromatic nitrogens is 2. The highest BCUT2D eigenvalue weighted by molar-refractivity contribution is 5.64. The third-order valence-corrected chi connectivity index (χ3v) is 3.80. The van der Waals surface area contributed by atoms with Crippen molar-refractivity contribution in [2.75, 3.05) is 0 Å². The van der Waals surface area contributed by atoms with Crippen molar-refractivity contribution in [1.82, 2.24) is 9.38 Å². The van der Waals surface area contributed by atoms with Gasteiger partial charge in [-0.15, -0.1) is 0 Å². The summed E-state index contributed by atoms with van der Waals surface area (Å²) >= 11 is 0. The molecular formula is C18H16F2N2O4. The van der Waals surface area contributed by atoms with Gasteiger partial charge in [0.25, 0.3) is 0 Å². The van der Waals surface area contributed by atoms with Gasteiger partial charge in [-0.1, -0.05) is 13.0 Å². The van der Waals surface area contributed by atoms with Gasteiger partial charge in [-0.25, -0.2) is 18.6 Å². The third-order valence-electron chi connectivity index (χ3n) is 3.80. The van der Waals surface area contributed by atoms with Crippen LogP contribution in [0.1, 0.15) is 23.7 Å². The summed E-state index contributed by atoms with van der Waals surface area (Å²) < 4.78 is 39.5. The number of fused-ring (bicyclic) bond motifs is 1. The number of aryl methyl sites for hydroxylation is 2. The molecule has 0 spiro atoms. The Hall–Kier alpha value is -3.16. The first-order chi connectivity index (χ1) is 12.4. The average molecular weight is 362 g/mol. The van der Waals surface area contributed by atoms with Gasteiger partial charge in [-0.3, -0.25) is 4.40 Å². The topological polar surface area (TPSA) is 73.1 Å². The molecule has 1 aromatic carbocycles. The van der Waals surface area contributed by atoms with Crippen molar-refractivity contribution in [2.45, 2.75) is 26.9 Å². The molecular weight excluding hydrogens is 346 g/mol. The first kappa shape index (κ1) is 17.7. The Labute approximate surface area is 147 Å². The zero-order valence-electron chi connectivity index (χ0n) is 14.1. The van der Waals surface area contributed by atoms with Crippen molar-refractivity contribution < 1.29 is 28.2 Å². The van der Waals surface area contributed by atoms with E-state index in [4.69, 9.17) is 14.6 Å². The Morgan fingerprint density at radius 3 is 2.62 bits per heavy atom. The fourth-order valence-corrected chi connectivity index (χ4v) is 2.62. The summed E-state index contributed by atoms with van der Waals surface area (Å²) in [5.74, 6) is -1.08. The molecule has 2 heterocycles. The van der Waals surface area contributed by atoms with E-state index in [1.165, 1.54) is 10.5 Å². The Bertz CT molecular complexity index is 965. The fraction of sp³-hybridized carbons (Fsp3) is 0.222. The number of rotatable bonds is 5. The molecule has 3 aromatic rings. The van der Waals surface area contributed by atoms with E-state index < -0.39 is 17.8 Å². The second-order valence-electron chi connectivity index (χ2n) is 5.65. The fourth-order valence-electron chi connectivity index (χ4n) is 2.62. The minimum atomic E-state index is -1.46. The van der Waals surface area contributed by atoms with E-state index in [0.29, 0.717) is 17.8 Å². The number of hydrogen-bond acceptors (Lipinski definition) is 4. The monoisotopic (exact) mass is 362 g/mol. The molecule has 0 aliphatic heterocycles. The van der Waals surface area contributed by atoms with Gasteiger partial charge in [-0.2, -0.15) is 0 Å². The van der Waals surface area contributed by atoms with Crippen molar-refractivity contribution in [2.24, 2.45) is 0 Å². The van der Waals surface area contributed by atoms with Crippen LogP contribution in [0.5, 0.6) is 11.6 Å². The molecule has 0 amide bonds. The number of nitrogens with zero attached hydrogens (tertiary/aromatic N) is 2. The predicted octanol–water partition coefficient (Wildman–Crippen LogP) is 4.12. The van der Waals surface area contributed by atoms with Crippen LogP contribution in [0.3, 0.4) is 0 Å². The number of hydrogen-bond donors (Lipinski definition) is 1. The first-order valence-corrected chi connectivity index (χ1v) is 7.88. The second kappa shape index (κ2) is 6.99. The van der Waals surface area contributed by atoms with Crippen LogP contribution < -0.4 is 9.47 Å². The maximum absolute atomic E-state index is 13.8. The predicted molar refractivity (Wildman–Crippen MR) is 88.6 cm³/mol. The van der Waals surface area contributed by atoms with E-state index in [2.05, 4.69) is 4.98 Å². The molecule has 2 aromatic heterocycles. The van der Waals surface area contributed by atoms with Gasteiger partial charge in [0, 0.05) is 6.20 Å². The highest BCUT2D eigenvalue weighted by Gasteiger charge is 2.19. The second-order valence-corrected chi connectivity index (χ2v) is 5.65. The van der Waals surface area contributed by atoms with E-state index in [1.807, 2.05) is 0 Å². The van der Waals surface area contributed by atoms with Crippen LogP contribution in [0.4, 0.5) is 13.6 Å². The molecule has 0 saturated heterocycles. The first-order valence-electron chi connectivity index (χ1n) is 7.88. The zero-order chi connectivity index (χ0) is 18.8. The molecule has 3 rings (SSSR count). The quantitative estimate of drug-likeness (QED) is 0.691. The normalized spacial score (nSPS) is 10.9. The summed E-state index contributed by atoms with van der Waals surface area (Å²) in [5.41, 5.74) is 1.27. The maximum atomic E-state index is 13.8. The molecule has 1 N–H and O–H groups in total. The van der Waals surface area contributed by atoms with Crippen LogP contribution in [-0.2, 0) is 13.0 Å². The average Bonchev–Trinajstić information content (AvgIpc) is 2.91. The highest BCUT2D eigenvalue weighted by atomic mass is 19.1. The van der Waals surface area contributed by atoms with Gasteiger partial charge in [0.05, 0.1) is 5.56 Å². The number of imidazole rings is 1. The summed E-state index contributed by atoms with van der Waals surface area (Å²) in [6, 6.07) is 5.23. The summed E-state index contributed by atoms with van der Waals surface area (Å²) in [5, 5.41) is 8.94. The van der Waals surface area contributed by atoms with Crippen LogP contribution in [0.2, 0.25) is 0 Å². The van der Waals surface area contributed by atoms with Gasteiger partial charge in [0.1, 0.15) is 23.9 Å². The van der Waals surface area contributed by atoms with Crippen LogP contribution in [-0.4, -0.2) is 20.6 Å². The van der Waals surface area contributed by atoms with Gasteiger partial charge in [-0.05, 0) is 37.1 Å². The number of carbonyl (C=O) groups is 1. The van der Waals surface area contributed by atoms with Crippen molar-refractivity contribution in [3.63, 3.8) is 0 Å². The maximum Gasteiger partial charge on any atom is 0.512 e. The third kappa shape index (κ3) is 3.30. The summed E-state index contributed by atoms with van der Waals surface area (Å²) in [7, 11) is 0. The molecule has 136 valence electrons. The minimum absolute atomic E-state index is 0.0700. The minimum Gasteiger partial charge on any atom is -0.485 e. The number of ether oxygens (including phenoxy) is 2. The van der Waals surface area contributed by atoms with Gasteiger partial charge in [0.2, 0.25) is 5.88 Å². The Balaban J connectivity index is 2.03. The van der Waals surface area contributed by atoms with E-state index >= 15 is 0 Å². The van der Waals surface area contributed by atoms with Crippen LogP contribution in [0.25, 0.3) is 5.65 Å². The summed E-state index contributed by atoms with van der Waals surface area (Å²) in [6.07, 6.45) is 0.625. The number of pyridine rings is 1. The molecule has 6 nitrogen and oxygen atoms in total. The highest BCUT2D eigenvalue weighted by Crippen LogP contribution is 2.30. The van der Waals surface area contributed by atoms with Crippen molar-refractivity contribution >= 4 is 11.8 Å². The van der Waals surface area contributed by atoms with Gasteiger partial charge >= 0.3 is 6.16 Å². The molecule has 0 fully saturated rings. The molecule has 0 saturated carbocycles. The molecule has 0 aliphatic carbocycles. The van der Waals surface area contributed by atoms with Crippen LogP contribution in [0.15, 0.2) is 30.5 Å². The van der Waals surface area contributed by atoms with Gasteiger partial charge < -0.3 is 14.6 Å². The zero-order valence-corrected chi connectivity index (χ0v) is 14.1. The molecule has 0 bridgehead atoms. The number of carboxylic acid groups (broad SMARTS) is 1. The Morgan fingerprint density at radius 2 is 2.00 bits per heavy atom. The molecule has 26 heavy (non-hydrogen) atoms. The van der Waals surface area contributed by atoms with E-state index in [1.54, 1.807) is 26.1 Å². The van der Waals surface area contributed by atoms with Crippen molar-refractivity contribution in [1.29, 1.82) is 0 Å². The standard InChI is InChI=1S/C18H16F2N2O4/c1-3-14-17(26-18(23)24)22-8-10(2)7-15(16(22)21-14)25-9-11-12(19)5-4-6-13(11)20/h4-8H,3,9H2,1-2H3,(H,23,24). The lowest BCUT2D eigenvalue weighted by Gasteiger charge is -2.10. The number of halogens is 2. The Kier molecular flexibility index (Phi) is 4.75. The molecule has 8 heteroatoms. The molecule has 0 aliphatic rings. The molecule has 0 atom stereocenters. The van der Waals surface area contributed by atoms with Crippen molar-refractivity contribution in [3.8, 4) is 11.6 Å². The van der Waals surface area contributed by atoms with Crippen molar-refractivity contribution in [3.05, 3.63) is 58.9 Å². The SMILES string of the molecule is CCc1nc2c(OCc3c(F)cccc3F)cc(C)cn2c1OC(=O)O. The van der Waals surface area contributed by atoms with E-state index in [9.17, 15) is 13.6 Å². The largest absolute Gasteiger partial charge is 0.512 e. The van der Waals surface area contributed by atoms with Gasteiger partial charge in [0.15, 0.2) is 11.4 Å². The molecule has 0 radical (unpaired) electrons. The summed E-state index contributed by atoms with van der Waals surface area (Å²) in [6.45, 7) is 3.24. The van der Waals surface area contributed by atoms with Crippen LogP contribution >= 0.6 is 0 Å². The van der Waals surface area contributed by atoms with E-state index in [0.717, 1.165) is 17.7 Å². The lowest BCUT2D eigenvalue weighted by atomic mass is 10.2. The number of benzene rings is 1. The smallest absolute Gasteiger partial charge is 0.485 e. The van der Waals surface area contributed by atoms with Crippen LogP contribution in [0, 0.1) is 18.6 Å². The lowest BCUT2D eigenvalue weighted by molar-refractivity contribution is 0.141. The lowest BCUT2D eigenvalue weighted by Crippen LogP contribution is -2.07. The van der Waals surface area contributed by atoms with E-state index in [-0.39, 0.29) is 23.8 Å².